The van der Waals surface area contributed by atoms with Crippen molar-refractivity contribution >= 4 is 22.7 Å². The molecule has 1 N–H and O–H groups in total. The number of H-pyrrole nitrogens is 1. The smallest absolute Gasteiger partial charge is 0.254 e. The van der Waals surface area contributed by atoms with Crippen LogP contribution >= 0.6 is 0 Å². The topological polar surface area (TPSA) is 68.9 Å². The van der Waals surface area contributed by atoms with Crippen LogP contribution < -0.4 is 4.74 Å². The Balaban J connectivity index is 1.74. The number of ether oxygens (including phenoxy) is 1. The van der Waals surface area contributed by atoms with Crippen LogP contribution in [0.3, 0.4) is 0 Å². The van der Waals surface area contributed by atoms with Gasteiger partial charge in [0.1, 0.15) is 5.75 Å². The van der Waals surface area contributed by atoms with E-state index in [1.54, 1.807) is 16.9 Å². The highest BCUT2D eigenvalue weighted by Crippen LogP contribution is 2.42. The number of nitrogens with one attached hydrogen (secondary N) is 1. The molecule has 0 spiro atoms. The van der Waals surface area contributed by atoms with E-state index in [0.29, 0.717) is 13.1 Å². The Morgan fingerprint density at radius 2 is 2.07 bits per heavy atom. The van der Waals surface area contributed by atoms with Crippen molar-refractivity contribution in [3.63, 3.8) is 0 Å². The first-order chi connectivity index (χ1) is 13.4. The number of nitrogens with zero attached hydrogens (tertiary/aromatic N) is 3. The number of aromatic amines is 1. The summed E-state index contributed by atoms with van der Waals surface area (Å²) in [7, 11) is 5.68. The second-order valence-electron chi connectivity index (χ2n) is 8.14. The molecular weight excluding hydrogens is 356 g/mol. The van der Waals surface area contributed by atoms with E-state index in [1.807, 2.05) is 39.2 Å². The lowest BCUT2D eigenvalue weighted by atomic mass is 9.83. The summed E-state index contributed by atoms with van der Waals surface area (Å²) in [4.78, 5) is 35.5. The number of piperazine rings is 1. The molecule has 2 aliphatic rings. The molecule has 0 bridgehead atoms. The molecule has 3 heterocycles. The number of hydrogen-bond donors (Lipinski definition) is 1. The summed E-state index contributed by atoms with van der Waals surface area (Å²) in [6, 6.07) is 5.89. The van der Waals surface area contributed by atoms with E-state index in [1.165, 1.54) is 0 Å². The summed E-state index contributed by atoms with van der Waals surface area (Å²) in [5.41, 5.74) is 1.95. The minimum Gasteiger partial charge on any atom is -0.497 e. The second kappa shape index (κ2) is 6.81. The molecule has 1 fully saturated rings. The van der Waals surface area contributed by atoms with Crippen LogP contribution in [0.4, 0.5) is 0 Å². The van der Waals surface area contributed by atoms with Crippen molar-refractivity contribution in [2.24, 2.45) is 0 Å². The summed E-state index contributed by atoms with van der Waals surface area (Å²) in [5, 5.41) is 1.07. The lowest BCUT2D eigenvalue weighted by Crippen LogP contribution is -2.67. The molecule has 0 saturated carbocycles. The molecule has 1 saturated heterocycles. The monoisotopic (exact) mass is 384 g/mol. The lowest BCUT2D eigenvalue weighted by Gasteiger charge is -2.49. The van der Waals surface area contributed by atoms with Gasteiger partial charge in [0.25, 0.3) is 5.91 Å². The van der Waals surface area contributed by atoms with Crippen molar-refractivity contribution in [3.8, 4) is 5.75 Å². The quantitative estimate of drug-likeness (QED) is 0.850. The molecular formula is C21H28N4O3. The standard InChI is InChI=1S/C21H28N4O3/c1-21-19-15(16-12-14(28-4)6-7-17(16)22-19)8-11-25(21)18(26)13-24(20(21)27)10-5-9-23(2)3/h6-7,12,22H,5,8-11,13H2,1-4H3/t21-/m0/s1. The average molecular weight is 384 g/mol. The number of carbonyl (C=O) groups is 2. The van der Waals surface area contributed by atoms with E-state index < -0.39 is 5.54 Å². The lowest BCUT2D eigenvalue weighted by molar-refractivity contribution is -0.166. The van der Waals surface area contributed by atoms with Crippen LogP contribution in [0.25, 0.3) is 10.9 Å². The molecule has 1 aromatic heterocycles. The molecule has 1 atom stereocenters. The molecule has 2 aromatic rings. The van der Waals surface area contributed by atoms with Crippen LogP contribution in [0, 0.1) is 0 Å². The highest BCUT2D eigenvalue weighted by Gasteiger charge is 2.53. The van der Waals surface area contributed by atoms with Crippen LogP contribution in [-0.2, 0) is 21.5 Å². The molecule has 150 valence electrons. The normalized spacial score (nSPS) is 22.0. The zero-order valence-corrected chi connectivity index (χ0v) is 17.0. The number of carbonyl (C=O) groups excluding carboxylic acids is 2. The molecule has 7 heteroatoms. The summed E-state index contributed by atoms with van der Waals surface area (Å²) in [6.07, 6.45) is 1.58. The van der Waals surface area contributed by atoms with Crippen molar-refractivity contribution in [1.82, 2.24) is 19.7 Å². The van der Waals surface area contributed by atoms with Gasteiger partial charge in [0, 0.05) is 24.0 Å². The number of rotatable bonds is 5. The van der Waals surface area contributed by atoms with Crippen LogP contribution in [0.15, 0.2) is 18.2 Å². The van der Waals surface area contributed by atoms with E-state index in [4.69, 9.17) is 4.74 Å². The largest absolute Gasteiger partial charge is 0.497 e. The molecule has 2 amide bonds. The molecule has 0 unspecified atom stereocenters. The fourth-order valence-electron chi connectivity index (χ4n) is 4.59. The van der Waals surface area contributed by atoms with Gasteiger partial charge in [-0.05, 0) is 64.2 Å². The Kier molecular flexibility index (Phi) is 4.57. The van der Waals surface area contributed by atoms with Crippen molar-refractivity contribution in [2.45, 2.75) is 25.3 Å². The molecule has 0 radical (unpaired) electrons. The Morgan fingerprint density at radius 3 is 2.79 bits per heavy atom. The highest BCUT2D eigenvalue weighted by atomic mass is 16.5. The van der Waals surface area contributed by atoms with Crippen LogP contribution in [0.2, 0.25) is 0 Å². The van der Waals surface area contributed by atoms with Gasteiger partial charge in [-0.2, -0.15) is 0 Å². The van der Waals surface area contributed by atoms with E-state index in [0.717, 1.165) is 47.3 Å². The van der Waals surface area contributed by atoms with Gasteiger partial charge in [0.15, 0.2) is 5.54 Å². The van der Waals surface area contributed by atoms with Crippen LogP contribution in [-0.4, -0.2) is 78.9 Å². The Bertz CT molecular complexity index is 935. The van der Waals surface area contributed by atoms with Gasteiger partial charge in [0.2, 0.25) is 5.91 Å². The van der Waals surface area contributed by atoms with Crippen molar-refractivity contribution in [1.29, 1.82) is 0 Å². The Morgan fingerprint density at radius 1 is 1.29 bits per heavy atom. The Hall–Kier alpha value is -2.54. The van der Waals surface area contributed by atoms with E-state index in [-0.39, 0.29) is 18.4 Å². The maximum atomic E-state index is 13.5. The maximum Gasteiger partial charge on any atom is 0.254 e. The second-order valence-corrected chi connectivity index (χ2v) is 8.14. The SMILES string of the molecule is COc1ccc2[nH]c3c(c2c1)CCN1C(=O)CN(CCCN(C)C)C(=O)[C@]31C. The zero-order valence-electron chi connectivity index (χ0n) is 17.0. The first kappa shape index (κ1) is 18.8. The molecule has 4 rings (SSSR count). The van der Waals surface area contributed by atoms with Crippen molar-refractivity contribution in [2.75, 3.05) is 47.4 Å². The zero-order chi connectivity index (χ0) is 20.1. The maximum absolute atomic E-state index is 13.5. The third-order valence-corrected chi connectivity index (χ3v) is 6.09. The van der Waals surface area contributed by atoms with Gasteiger partial charge >= 0.3 is 0 Å². The van der Waals surface area contributed by atoms with Gasteiger partial charge in [-0.15, -0.1) is 0 Å². The third kappa shape index (κ3) is 2.76. The number of fused-ring (bicyclic) bond motifs is 5. The number of benzene rings is 1. The average Bonchev–Trinajstić information content (AvgIpc) is 3.04. The van der Waals surface area contributed by atoms with E-state index in [2.05, 4.69) is 9.88 Å². The highest BCUT2D eigenvalue weighted by molar-refractivity contribution is 6.00. The summed E-state index contributed by atoms with van der Waals surface area (Å²) in [5.74, 6) is 0.817. The van der Waals surface area contributed by atoms with Crippen LogP contribution in [0.5, 0.6) is 5.75 Å². The molecule has 2 aliphatic heterocycles. The van der Waals surface area contributed by atoms with Gasteiger partial charge in [-0.25, -0.2) is 0 Å². The van der Waals surface area contributed by atoms with Gasteiger partial charge in [-0.3, -0.25) is 9.59 Å². The molecule has 0 aliphatic carbocycles. The summed E-state index contributed by atoms with van der Waals surface area (Å²) in [6.45, 7) is 4.09. The first-order valence-electron chi connectivity index (χ1n) is 9.80. The molecule has 1 aromatic carbocycles. The molecule has 7 nitrogen and oxygen atoms in total. The fraction of sp³-hybridized carbons (Fsp3) is 0.524. The van der Waals surface area contributed by atoms with Crippen LogP contribution in [0.1, 0.15) is 24.6 Å². The van der Waals surface area contributed by atoms with Gasteiger partial charge in [-0.1, -0.05) is 0 Å². The number of hydrogen-bond acceptors (Lipinski definition) is 4. The van der Waals surface area contributed by atoms with E-state index >= 15 is 0 Å². The minimum absolute atomic E-state index is 0.00493. The number of amides is 2. The Labute approximate surface area is 165 Å². The van der Waals surface area contributed by atoms with E-state index in [9.17, 15) is 9.59 Å². The summed E-state index contributed by atoms with van der Waals surface area (Å²) < 4.78 is 5.38. The predicted octanol–water partition coefficient (Wildman–Crippen LogP) is 1.57. The van der Waals surface area contributed by atoms with Gasteiger partial charge in [0.05, 0.1) is 19.3 Å². The first-order valence-corrected chi connectivity index (χ1v) is 9.80. The minimum atomic E-state index is -0.979. The van der Waals surface area contributed by atoms with Crippen molar-refractivity contribution < 1.29 is 14.3 Å². The molecule has 28 heavy (non-hydrogen) atoms. The summed E-state index contributed by atoms with van der Waals surface area (Å²) >= 11 is 0. The fourth-order valence-corrected chi connectivity index (χ4v) is 4.59. The number of aromatic nitrogens is 1. The third-order valence-electron chi connectivity index (χ3n) is 6.09. The number of methoxy groups -OCH3 is 1. The van der Waals surface area contributed by atoms with Gasteiger partial charge < -0.3 is 24.4 Å². The predicted molar refractivity (Wildman–Crippen MR) is 107 cm³/mol. The van der Waals surface area contributed by atoms with Crippen molar-refractivity contribution in [3.05, 3.63) is 29.5 Å².